The maximum absolute atomic E-state index is 11.2. The Morgan fingerprint density at radius 1 is 0.875 bits per heavy atom. The van der Waals surface area contributed by atoms with E-state index in [2.05, 4.69) is 10.3 Å². The van der Waals surface area contributed by atoms with E-state index in [9.17, 15) is 4.79 Å². The number of anilines is 1. The third kappa shape index (κ3) is 4.87. The first-order chi connectivity index (χ1) is 15.5. The molecule has 0 aliphatic carbocycles. The topological polar surface area (TPSA) is 86.5 Å². The normalized spacial score (nSPS) is 10.4. The lowest BCUT2D eigenvalue weighted by molar-refractivity contribution is 0.100. The van der Waals surface area contributed by atoms with Gasteiger partial charge in [-0.25, -0.2) is 4.98 Å². The van der Waals surface area contributed by atoms with Gasteiger partial charge in [0, 0.05) is 36.1 Å². The van der Waals surface area contributed by atoms with Crippen LogP contribution in [0.15, 0.2) is 85.1 Å². The van der Waals surface area contributed by atoms with Crippen LogP contribution >= 0.6 is 0 Å². The minimum Gasteiger partial charge on any atom is -0.457 e. The quantitative estimate of drug-likeness (QED) is 0.392. The highest BCUT2D eigenvalue weighted by molar-refractivity contribution is 5.92. The summed E-state index contributed by atoms with van der Waals surface area (Å²) in [7, 11) is 1.88. The molecular weight excluding hydrogens is 402 g/mol. The molecule has 0 saturated carbocycles. The molecule has 1 heterocycles. The molecule has 6 heteroatoms. The molecule has 6 nitrogen and oxygen atoms in total. The number of aryl methyl sites for hydroxylation is 1. The lowest BCUT2D eigenvalue weighted by atomic mass is 10.1. The van der Waals surface area contributed by atoms with E-state index in [-0.39, 0.29) is 0 Å². The van der Waals surface area contributed by atoms with Crippen LogP contribution in [0.4, 0.5) is 5.69 Å². The molecule has 0 aliphatic rings. The Balaban J connectivity index is 1.47. The van der Waals surface area contributed by atoms with E-state index >= 15 is 0 Å². The number of nitrogens with two attached hydrogens (primary N) is 1. The van der Waals surface area contributed by atoms with Gasteiger partial charge in [0.1, 0.15) is 17.2 Å². The van der Waals surface area contributed by atoms with Crippen molar-refractivity contribution in [2.45, 2.75) is 6.92 Å². The van der Waals surface area contributed by atoms with Gasteiger partial charge in [0.2, 0.25) is 11.8 Å². The lowest BCUT2D eigenvalue weighted by Crippen LogP contribution is -2.10. The fourth-order valence-corrected chi connectivity index (χ4v) is 3.21. The highest BCUT2D eigenvalue weighted by atomic mass is 16.5. The number of carbonyl (C=O) groups excluding carboxylic acids is 1. The largest absolute Gasteiger partial charge is 0.457 e. The van der Waals surface area contributed by atoms with E-state index in [4.69, 9.17) is 15.2 Å². The number of primary amides is 1. The Morgan fingerprint density at radius 3 is 2.34 bits per heavy atom. The Morgan fingerprint density at radius 2 is 1.69 bits per heavy atom. The monoisotopic (exact) mass is 425 g/mol. The van der Waals surface area contributed by atoms with E-state index in [1.165, 1.54) is 0 Å². The maximum Gasteiger partial charge on any atom is 0.248 e. The fourth-order valence-electron chi connectivity index (χ4n) is 3.21. The van der Waals surface area contributed by atoms with Gasteiger partial charge in [-0.15, -0.1) is 0 Å². The summed E-state index contributed by atoms with van der Waals surface area (Å²) < 4.78 is 11.8. The number of hydrogen-bond acceptors (Lipinski definition) is 5. The number of aromatic nitrogens is 1. The highest BCUT2D eigenvalue weighted by Gasteiger charge is 2.07. The molecule has 0 atom stereocenters. The molecule has 0 bridgehead atoms. The Bertz CT molecular complexity index is 1240. The Labute approximate surface area is 186 Å². The van der Waals surface area contributed by atoms with Crippen molar-refractivity contribution in [2.24, 2.45) is 5.73 Å². The summed E-state index contributed by atoms with van der Waals surface area (Å²) in [5, 5.41) is 3.11. The molecule has 1 amide bonds. The van der Waals surface area contributed by atoms with Crippen molar-refractivity contribution < 1.29 is 14.3 Å². The number of rotatable bonds is 7. The van der Waals surface area contributed by atoms with Crippen molar-refractivity contribution in [3.05, 3.63) is 96.2 Å². The molecule has 160 valence electrons. The van der Waals surface area contributed by atoms with Crippen molar-refractivity contribution in [1.29, 1.82) is 0 Å². The van der Waals surface area contributed by atoms with E-state index in [1.807, 2.05) is 68.6 Å². The number of nitrogens with zero attached hydrogens (tertiary/aromatic N) is 1. The second kappa shape index (κ2) is 9.22. The first-order valence-electron chi connectivity index (χ1n) is 10.1. The number of nitrogens with one attached hydrogen (secondary N) is 1. The summed E-state index contributed by atoms with van der Waals surface area (Å²) in [6.45, 7) is 2.00. The van der Waals surface area contributed by atoms with Gasteiger partial charge in [0.25, 0.3) is 0 Å². The molecule has 0 fully saturated rings. The smallest absolute Gasteiger partial charge is 0.248 e. The standard InChI is InChI=1S/C26H23N3O3/c1-17-14-21(28-2)9-12-24(17)32-25-13-8-20(16-29-25)19-4-3-5-23(15-19)31-22-10-6-18(7-11-22)26(27)30/h3-16,28H,1-2H3,(H2,27,30). The van der Waals surface area contributed by atoms with Crippen LogP contribution in [-0.2, 0) is 0 Å². The summed E-state index contributed by atoms with van der Waals surface area (Å²) >= 11 is 0. The summed E-state index contributed by atoms with van der Waals surface area (Å²) in [5.74, 6) is 2.12. The van der Waals surface area contributed by atoms with E-state index in [0.717, 1.165) is 28.1 Å². The van der Waals surface area contributed by atoms with Crippen LogP contribution in [0.5, 0.6) is 23.1 Å². The van der Waals surface area contributed by atoms with Gasteiger partial charge in [-0.05, 0) is 78.7 Å². The van der Waals surface area contributed by atoms with Crippen molar-refractivity contribution in [2.75, 3.05) is 12.4 Å². The molecule has 0 radical (unpaired) electrons. The van der Waals surface area contributed by atoms with Crippen LogP contribution in [0, 0.1) is 6.92 Å². The van der Waals surface area contributed by atoms with Gasteiger partial charge in [-0.1, -0.05) is 12.1 Å². The summed E-state index contributed by atoms with van der Waals surface area (Å²) in [5.41, 5.74) is 9.67. The predicted molar refractivity (Wildman–Crippen MR) is 126 cm³/mol. The first-order valence-corrected chi connectivity index (χ1v) is 10.1. The third-order valence-electron chi connectivity index (χ3n) is 4.96. The van der Waals surface area contributed by atoms with Crippen LogP contribution in [0.25, 0.3) is 11.1 Å². The van der Waals surface area contributed by atoms with Gasteiger partial charge < -0.3 is 20.5 Å². The van der Waals surface area contributed by atoms with Crippen LogP contribution in [0.2, 0.25) is 0 Å². The number of benzene rings is 3. The average Bonchev–Trinajstić information content (AvgIpc) is 2.81. The Kier molecular flexibility index (Phi) is 6.03. The first kappa shape index (κ1) is 20.9. The minimum atomic E-state index is -0.469. The molecule has 32 heavy (non-hydrogen) atoms. The van der Waals surface area contributed by atoms with Gasteiger partial charge in [-0.3, -0.25) is 4.79 Å². The van der Waals surface area contributed by atoms with Crippen molar-refractivity contribution >= 4 is 11.6 Å². The van der Waals surface area contributed by atoms with Crippen molar-refractivity contribution in [1.82, 2.24) is 4.98 Å². The number of hydrogen-bond donors (Lipinski definition) is 2. The average molecular weight is 425 g/mol. The van der Waals surface area contributed by atoms with Crippen molar-refractivity contribution in [3.8, 4) is 34.3 Å². The van der Waals surface area contributed by atoms with E-state index in [1.54, 1.807) is 30.5 Å². The summed E-state index contributed by atoms with van der Waals surface area (Å²) in [4.78, 5) is 15.7. The fraction of sp³-hybridized carbons (Fsp3) is 0.0769. The zero-order valence-electron chi connectivity index (χ0n) is 17.8. The van der Waals surface area contributed by atoms with Crippen LogP contribution in [0.3, 0.4) is 0 Å². The van der Waals surface area contributed by atoms with E-state index < -0.39 is 5.91 Å². The third-order valence-corrected chi connectivity index (χ3v) is 4.96. The summed E-state index contributed by atoms with van der Waals surface area (Å²) in [6, 6.07) is 24.1. The van der Waals surface area contributed by atoms with Gasteiger partial charge in [0.15, 0.2) is 0 Å². The lowest BCUT2D eigenvalue weighted by Gasteiger charge is -2.11. The molecule has 4 aromatic rings. The molecule has 0 aliphatic heterocycles. The molecule has 0 saturated heterocycles. The van der Waals surface area contributed by atoms with Gasteiger partial charge in [0.05, 0.1) is 0 Å². The summed E-state index contributed by atoms with van der Waals surface area (Å²) in [6.07, 6.45) is 1.77. The highest BCUT2D eigenvalue weighted by Crippen LogP contribution is 2.30. The Hall–Kier alpha value is -4.32. The van der Waals surface area contributed by atoms with Crippen molar-refractivity contribution in [3.63, 3.8) is 0 Å². The van der Waals surface area contributed by atoms with Gasteiger partial charge in [-0.2, -0.15) is 0 Å². The zero-order valence-corrected chi connectivity index (χ0v) is 17.8. The second-order valence-electron chi connectivity index (χ2n) is 7.24. The molecule has 0 unspecified atom stereocenters. The van der Waals surface area contributed by atoms with Crippen LogP contribution < -0.4 is 20.5 Å². The zero-order chi connectivity index (χ0) is 22.5. The molecule has 0 spiro atoms. The number of ether oxygens (including phenoxy) is 2. The number of amides is 1. The molecular formula is C26H23N3O3. The SMILES string of the molecule is CNc1ccc(Oc2ccc(-c3cccc(Oc4ccc(C(N)=O)cc4)c3)cn2)c(C)c1. The minimum absolute atomic E-state index is 0.438. The number of carbonyl (C=O) groups is 1. The maximum atomic E-state index is 11.2. The van der Waals surface area contributed by atoms with Crippen LogP contribution in [-0.4, -0.2) is 17.9 Å². The van der Waals surface area contributed by atoms with Crippen LogP contribution in [0.1, 0.15) is 15.9 Å². The predicted octanol–water partition coefficient (Wildman–Crippen LogP) is 5.78. The molecule has 4 rings (SSSR count). The van der Waals surface area contributed by atoms with E-state index in [0.29, 0.717) is 22.9 Å². The second-order valence-corrected chi connectivity index (χ2v) is 7.24. The molecule has 3 aromatic carbocycles. The van der Waals surface area contributed by atoms with Gasteiger partial charge >= 0.3 is 0 Å². The molecule has 1 aromatic heterocycles. The molecule has 3 N–H and O–H groups in total. The number of pyridine rings is 1.